The van der Waals surface area contributed by atoms with Crippen molar-refractivity contribution in [2.75, 3.05) is 5.32 Å². The molecule has 0 aliphatic heterocycles. The number of carbonyl (C=O) groups excluding carboxylic acids is 1. The second-order valence-corrected chi connectivity index (χ2v) is 5.27. The third-order valence-corrected chi connectivity index (χ3v) is 2.35. The van der Waals surface area contributed by atoms with Crippen LogP contribution in [0.4, 0.5) is 10.5 Å². The molecule has 0 aliphatic carbocycles. The van der Waals surface area contributed by atoms with Gasteiger partial charge in [-0.05, 0) is 33.3 Å². The molecule has 6 nitrogen and oxygen atoms in total. The Bertz CT molecular complexity index is 523. The molecule has 1 rings (SSSR count). The fourth-order valence-electron chi connectivity index (χ4n) is 1.38. The van der Waals surface area contributed by atoms with Crippen LogP contribution in [0.2, 0.25) is 5.15 Å². The molecular weight excluding hydrogens is 272 g/mol. The number of hydrogen-bond acceptors (Lipinski definition) is 4. The lowest BCUT2D eigenvalue weighted by Gasteiger charge is -2.20. The highest BCUT2D eigenvalue weighted by atomic mass is 35.5. The molecule has 1 aromatic heterocycles. The normalized spacial score (nSPS) is 11.0. The van der Waals surface area contributed by atoms with Crippen molar-refractivity contribution in [1.82, 2.24) is 4.98 Å². The van der Waals surface area contributed by atoms with Crippen LogP contribution in [0.5, 0.6) is 0 Å². The van der Waals surface area contributed by atoms with Gasteiger partial charge in [0.25, 0.3) is 0 Å². The number of rotatable bonds is 2. The van der Waals surface area contributed by atoms with Gasteiger partial charge in [0.15, 0.2) is 5.15 Å². The van der Waals surface area contributed by atoms with E-state index < -0.39 is 17.7 Å². The summed E-state index contributed by atoms with van der Waals surface area (Å²) in [6, 6.07) is 0. The molecule has 0 fully saturated rings. The number of aryl methyl sites for hydroxylation is 1. The first kappa shape index (κ1) is 15.2. The van der Waals surface area contributed by atoms with E-state index in [0.29, 0.717) is 5.56 Å². The van der Waals surface area contributed by atoms with Gasteiger partial charge in [0.1, 0.15) is 5.60 Å². The highest BCUT2D eigenvalue weighted by Crippen LogP contribution is 2.27. The number of aromatic carboxylic acids is 1. The van der Waals surface area contributed by atoms with E-state index in [2.05, 4.69) is 10.3 Å². The Morgan fingerprint density at radius 3 is 2.47 bits per heavy atom. The van der Waals surface area contributed by atoms with Gasteiger partial charge in [-0.15, -0.1) is 0 Å². The number of nitrogens with zero attached hydrogens (tertiary/aromatic N) is 1. The number of aromatic nitrogens is 1. The molecule has 0 unspecified atom stereocenters. The summed E-state index contributed by atoms with van der Waals surface area (Å²) in [5, 5.41) is 11.4. The minimum Gasteiger partial charge on any atom is -0.478 e. The lowest BCUT2D eigenvalue weighted by molar-refractivity contribution is 0.0636. The Morgan fingerprint density at radius 1 is 1.42 bits per heavy atom. The molecule has 0 spiro atoms. The van der Waals surface area contributed by atoms with E-state index in [4.69, 9.17) is 21.4 Å². The molecule has 0 bridgehead atoms. The first-order valence-corrected chi connectivity index (χ1v) is 5.88. The second kappa shape index (κ2) is 5.44. The number of nitrogens with one attached hydrogen (secondary N) is 1. The molecule has 1 heterocycles. The summed E-state index contributed by atoms with van der Waals surface area (Å²) in [6.45, 7) is 6.65. The summed E-state index contributed by atoms with van der Waals surface area (Å²) >= 11 is 5.82. The molecule has 19 heavy (non-hydrogen) atoms. The van der Waals surface area contributed by atoms with Crippen LogP contribution < -0.4 is 5.32 Å². The van der Waals surface area contributed by atoms with Crippen LogP contribution in [0.15, 0.2) is 6.20 Å². The van der Waals surface area contributed by atoms with Crippen molar-refractivity contribution in [2.45, 2.75) is 33.3 Å². The monoisotopic (exact) mass is 286 g/mol. The average Bonchev–Trinajstić information content (AvgIpc) is 2.20. The topological polar surface area (TPSA) is 88.5 Å². The van der Waals surface area contributed by atoms with Crippen LogP contribution in [-0.4, -0.2) is 27.8 Å². The third kappa shape index (κ3) is 4.10. The van der Waals surface area contributed by atoms with E-state index in [1.165, 1.54) is 6.20 Å². The molecule has 2 N–H and O–H groups in total. The number of ether oxygens (including phenoxy) is 1. The predicted molar refractivity (Wildman–Crippen MR) is 70.8 cm³/mol. The van der Waals surface area contributed by atoms with E-state index in [0.717, 1.165) is 0 Å². The van der Waals surface area contributed by atoms with Crippen LogP contribution in [0.3, 0.4) is 0 Å². The van der Waals surface area contributed by atoms with Gasteiger partial charge in [-0.25, -0.2) is 14.6 Å². The number of carboxylic acid groups (broad SMARTS) is 1. The average molecular weight is 287 g/mol. The van der Waals surface area contributed by atoms with Gasteiger partial charge in [0.2, 0.25) is 0 Å². The van der Waals surface area contributed by atoms with Gasteiger partial charge < -0.3 is 9.84 Å². The smallest absolute Gasteiger partial charge is 0.412 e. The number of amides is 1. The Kier molecular flexibility index (Phi) is 4.36. The van der Waals surface area contributed by atoms with Gasteiger partial charge in [-0.2, -0.15) is 0 Å². The Balaban J connectivity index is 3.10. The second-order valence-electron chi connectivity index (χ2n) is 4.91. The quantitative estimate of drug-likeness (QED) is 0.816. The Morgan fingerprint density at radius 2 is 2.00 bits per heavy atom. The zero-order valence-electron chi connectivity index (χ0n) is 11.1. The highest BCUT2D eigenvalue weighted by Gasteiger charge is 2.22. The minimum atomic E-state index is -1.20. The number of anilines is 1. The molecular formula is C12H15ClN2O4. The summed E-state index contributed by atoms with van der Waals surface area (Å²) < 4.78 is 5.04. The maximum absolute atomic E-state index is 11.7. The molecule has 0 saturated heterocycles. The molecule has 0 aliphatic rings. The third-order valence-electron chi connectivity index (χ3n) is 2.06. The molecule has 0 atom stereocenters. The van der Waals surface area contributed by atoms with Crippen molar-refractivity contribution in [3.05, 3.63) is 22.5 Å². The number of halogens is 1. The lowest BCUT2D eigenvalue weighted by Crippen LogP contribution is -2.28. The van der Waals surface area contributed by atoms with E-state index in [-0.39, 0.29) is 16.4 Å². The summed E-state index contributed by atoms with van der Waals surface area (Å²) in [4.78, 5) is 26.6. The summed E-state index contributed by atoms with van der Waals surface area (Å²) in [5.41, 5.74) is -0.478. The molecule has 1 amide bonds. The van der Waals surface area contributed by atoms with E-state index >= 15 is 0 Å². The van der Waals surface area contributed by atoms with Crippen LogP contribution in [0, 0.1) is 6.92 Å². The van der Waals surface area contributed by atoms with Crippen molar-refractivity contribution in [1.29, 1.82) is 0 Å². The van der Waals surface area contributed by atoms with Crippen molar-refractivity contribution in [3.8, 4) is 0 Å². The number of pyridine rings is 1. The standard InChI is InChI=1S/C12H15ClN2O4/c1-6-5-14-9(13)8(7(6)10(16)17)15-11(18)19-12(2,3)4/h5H,1-4H3,(H,15,18)(H,16,17). The SMILES string of the molecule is Cc1cnc(Cl)c(NC(=O)OC(C)(C)C)c1C(=O)O. The first-order chi connectivity index (χ1) is 8.61. The zero-order chi connectivity index (χ0) is 14.8. The Labute approximate surface area is 115 Å². The number of carboxylic acids is 1. The molecule has 7 heteroatoms. The largest absolute Gasteiger partial charge is 0.478 e. The summed E-state index contributed by atoms with van der Waals surface area (Å²) in [5.74, 6) is -1.20. The number of carbonyl (C=O) groups is 2. The van der Waals surface area contributed by atoms with E-state index in [1.807, 2.05) is 0 Å². The van der Waals surface area contributed by atoms with Crippen LogP contribution in [0.25, 0.3) is 0 Å². The van der Waals surface area contributed by atoms with Crippen LogP contribution in [-0.2, 0) is 4.74 Å². The lowest BCUT2D eigenvalue weighted by atomic mass is 10.1. The molecule has 1 aromatic rings. The molecule has 0 radical (unpaired) electrons. The minimum absolute atomic E-state index is 0.0663. The predicted octanol–water partition coefficient (Wildman–Crippen LogP) is 3.09. The van der Waals surface area contributed by atoms with Gasteiger partial charge in [-0.1, -0.05) is 11.6 Å². The summed E-state index contributed by atoms with van der Waals surface area (Å²) in [7, 11) is 0. The maximum atomic E-state index is 11.7. The fraction of sp³-hybridized carbons (Fsp3) is 0.417. The van der Waals surface area contributed by atoms with E-state index in [9.17, 15) is 9.59 Å². The first-order valence-electron chi connectivity index (χ1n) is 5.50. The zero-order valence-corrected chi connectivity index (χ0v) is 11.8. The molecule has 0 saturated carbocycles. The van der Waals surface area contributed by atoms with Crippen LogP contribution in [0.1, 0.15) is 36.7 Å². The van der Waals surface area contributed by atoms with Gasteiger partial charge >= 0.3 is 12.1 Å². The fourth-order valence-corrected chi connectivity index (χ4v) is 1.57. The van der Waals surface area contributed by atoms with E-state index in [1.54, 1.807) is 27.7 Å². The van der Waals surface area contributed by atoms with Gasteiger partial charge in [-0.3, -0.25) is 5.32 Å². The summed E-state index contributed by atoms with van der Waals surface area (Å²) in [6.07, 6.45) is 0.538. The highest BCUT2D eigenvalue weighted by molar-refractivity contribution is 6.33. The maximum Gasteiger partial charge on any atom is 0.412 e. The van der Waals surface area contributed by atoms with Crippen LogP contribution >= 0.6 is 11.6 Å². The molecule has 104 valence electrons. The van der Waals surface area contributed by atoms with Gasteiger partial charge in [0.05, 0.1) is 11.3 Å². The molecule has 0 aromatic carbocycles. The van der Waals surface area contributed by atoms with Gasteiger partial charge in [0, 0.05) is 6.20 Å². The number of hydrogen-bond donors (Lipinski definition) is 2. The van der Waals surface area contributed by atoms with Crippen molar-refractivity contribution in [3.63, 3.8) is 0 Å². The van der Waals surface area contributed by atoms with Crippen molar-refractivity contribution >= 4 is 29.4 Å². The van der Waals surface area contributed by atoms with Crippen molar-refractivity contribution in [2.24, 2.45) is 0 Å². The van der Waals surface area contributed by atoms with Crippen molar-refractivity contribution < 1.29 is 19.4 Å². The Hall–Kier alpha value is -1.82.